The van der Waals surface area contributed by atoms with E-state index in [1.165, 1.54) is 24.3 Å². The number of carbonyl (C=O) groups excluding carboxylic acids is 1. The maximum absolute atomic E-state index is 13.0. The largest absolute Gasteiger partial charge is 0.416 e. The Bertz CT molecular complexity index is 1220. The molecule has 6 nitrogen and oxygen atoms in total. The quantitative estimate of drug-likeness (QED) is 0.551. The summed E-state index contributed by atoms with van der Waals surface area (Å²) >= 11 is 17.5. The van der Waals surface area contributed by atoms with Crippen molar-refractivity contribution < 1.29 is 26.4 Å². The van der Waals surface area contributed by atoms with Crippen LogP contribution in [0.4, 0.5) is 13.2 Å². The van der Waals surface area contributed by atoms with Gasteiger partial charge in [0, 0.05) is 16.9 Å². The summed E-state index contributed by atoms with van der Waals surface area (Å²) in [5.41, 5.74) is -1.41. The second-order valence-corrected chi connectivity index (χ2v) is 8.72. The van der Waals surface area contributed by atoms with Gasteiger partial charge in [-0.05, 0) is 30.3 Å². The number of benzene rings is 2. The molecule has 0 saturated carbocycles. The van der Waals surface area contributed by atoms with E-state index in [0.29, 0.717) is 0 Å². The first-order valence-electron chi connectivity index (χ1n) is 7.82. The second kappa shape index (κ2) is 8.10. The van der Waals surface area contributed by atoms with E-state index in [4.69, 9.17) is 34.8 Å². The Balaban J connectivity index is 1.90. The molecule has 0 unspecified atom stereocenters. The Morgan fingerprint density at radius 2 is 1.70 bits per heavy atom. The van der Waals surface area contributed by atoms with Crippen LogP contribution in [0.1, 0.15) is 16.1 Å². The molecular weight excluding hydrogens is 490 g/mol. The fraction of sp³-hybridized carbons (Fsp3) is 0.0588. The average Bonchev–Trinajstić information content (AvgIpc) is 3.10. The number of hydrogen-bond donors (Lipinski definition) is 1. The molecule has 0 bridgehead atoms. The van der Waals surface area contributed by atoms with Gasteiger partial charge in [0.15, 0.2) is 0 Å². The summed E-state index contributed by atoms with van der Waals surface area (Å²) in [6.45, 7) is 0. The van der Waals surface area contributed by atoms with Gasteiger partial charge in [-0.25, -0.2) is 18.1 Å². The maximum atomic E-state index is 13.0. The van der Waals surface area contributed by atoms with Gasteiger partial charge in [0.25, 0.3) is 15.9 Å². The highest BCUT2D eigenvalue weighted by molar-refractivity contribution is 7.90. The number of rotatable bonds is 4. The average molecular weight is 499 g/mol. The minimum Gasteiger partial charge on any atom is -0.305 e. The van der Waals surface area contributed by atoms with Crippen LogP contribution in [0.15, 0.2) is 53.8 Å². The normalized spacial score (nSPS) is 12.1. The number of aromatic nitrogens is 2. The summed E-state index contributed by atoms with van der Waals surface area (Å²) in [6.07, 6.45) is -2.55. The zero-order valence-electron chi connectivity index (χ0n) is 14.4. The summed E-state index contributed by atoms with van der Waals surface area (Å²) < 4.78 is 66.7. The summed E-state index contributed by atoms with van der Waals surface area (Å²) in [5, 5.41) is -0.589. The molecule has 158 valence electrons. The molecule has 0 atom stereocenters. The van der Waals surface area contributed by atoms with E-state index < -0.39 is 32.6 Å². The Morgan fingerprint density at radius 3 is 2.30 bits per heavy atom. The number of halogens is 6. The van der Waals surface area contributed by atoms with Gasteiger partial charge in [-0.3, -0.25) is 4.79 Å². The number of nitrogens with zero attached hydrogens (tertiary/aromatic N) is 2. The van der Waals surface area contributed by atoms with Crippen LogP contribution in [0.25, 0.3) is 5.69 Å². The van der Waals surface area contributed by atoms with E-state index in [1.54, 1.807) is 4.72 Å². The van der Waals surface area contributed by atoms with Crippen LogP contribution in [0.5, 0.6) is 0 Å². The summed E-state index contributed by atoms with van der Waals surface area (Å²) in [6, 6.07) is 6.75. The first-order valence-corrected chi connectivity index (χ1v) is 10.4. The lowest BCUT2D eigenvalue weighted by Gasteiger charge is -2.10. The van der Waals surface area contributed by atoms with Gasteiger partial charge >= 0.3 is 6.18 Å². The van der Waals surface area contributed by atoms with E-state index in [2.05, 4.69) is 4.98 Å². The zero-order chi connectivity index (χ0) is 22.3. The lowest BCUT2D eigenvalue weighted by molar-refractivity contribution is -0.137. The number of imidazole rings is 1. The molecule has 0 fully saturated rings. The van der Waals surface area contributed by atoms with Gasteiger partial charge in [-0.15, -0.1) is 0 Å². The number of alkyl halides is 3. The fourth-order valence-electron chi connectivity index (χ4n) is 2.43. The van der Waals surface area contributed by atoms with Crippen molar-refractivity contribution in [3.63, 3.8) is 0 Å². The molecule has 0 aliphatic rings. The van der Waals surface area contributed by atoms with E-state index in [1.807, 2.05) is 0 Å². The molecule has 1 heterocycles. The predicted octanol–water partition coefficient (Wildman–Crippen LogP) is 4.97. The minimum absolute atomic E-state index is 0.0293. The molecule has 1 N–H and O–H groups in total. The van der Waals surface area contributed by atoms with Crippen LogP contribution >= 0.6 is 34.8 Å². The van der Waals surface area contributed by atoms with Crippen LogP contribution < -0.4 is 4.72 Å². The number of carbonyl (C=O) groups is 1. The molecule has 1 aromatic heterocycles. The summed E-state index contributed by atoms with van der Waals surface area (Å²) in [4.78, 5) is 15.6. The third-order valence-electron chi connectivity index (χ3n) is 3.74. The van der Waals surface area contributed by atoms with Crippen LogP contribution in [0.3, 0.4) is 0 Å². The topological polar surface area (TPSA) is 81.1 Å². The predicted molar refractivity (Wildman–Crippen MR) is 105 cm³/mol. The zero-order valence-corrected chi connectivity index (χ0v) is 17.5. The first kappa shape index (κ1) is 22.4. The van der Waals surface area contributed by atoms with Gasteiger partial charge < -0.3 is 4.57 Å². The molecule has 0 radical (unpaired) electrons. The monoisotopic (exact) mass is 497 g/mol. The van der Waals surface area contributed by atoms with Crippen LogP contribution in [0.2, 0.25) is 15.1 Å². The van der Waals surface area contributed by atoms with Crippen LogP contribution in [-0.2, 0) is 16.2 Å². The number of nitrogens with one attached hydrogen (secondary N) is 1. The number of amides is 1. The second-order valence-electron chi connectivity index (χ2n) is 5.85. The molecule has 0 saturated heterocycles. The lowest BCUT2D eigenvalue weighted by atomic mass is 10.2. The van der Waals surface area contributed by atoms with Gasteiger partial charge in [-0.2, -0.15) is 13.2 Å². The molecular formula is C17H9Cl3F3N3O3S. The molecule has 1 amide bonds. The van der Waals surface area contributed by atoms with E-state index in [0.717, 1.165) is 29.2 Å². The highest BCUT2D eigenvalue weighted by atomic mass is 35.5. The van der Waals surface area contributed by atoms with Gasteiger partial charge in [0.05, 0.1) is 15.6 Å². The van der Waals surface area contributed by atoms with Crippen molar-refractivity contribution in [2.24, 2.45) is 0 Å². The van der Waals surface area contributed by atoms with E-state index >= 15 is 0 Å². The lowest BCUT2D eigenvalue weighted by Crippen LogP contribution is -2.31. The molecule has 3 aromatic rings. The molecule has 3 rings (SSSR count). The van der Waals surface area contributed by atoms with Crippen LogP contribution in [-0.4, -0.2) is 23.9 Å². The molecule has 13 heteroatoms. The Kier molecular flexibility index (Phi) is 6.06. The molecule has 30 heavy (non-hydrogen) atoms. The first-order chi connectivity index (χ1) is 13.9. The van der Waals surface area contributed by atoms with Crippen molar-refractivity contribution in [1.29, 1.82) is 0 Å². The summed E-state index contributed by atoms with van der Waals surface area (Å²) in [7, 11) is -4.44. The van der Waals surface area contributed by atoms with E-state index in [9.17, 15) is 26.4 Å². The third-order valence-corrected chi connectivity index (χ3v) is 6.24. The van der Waals surface area contributed by atoms with Crippen LogP contribution in [0, 0.1) is 0 Å². The standard InChI is InChI=1S/C17H9Cl3F3N3O3S/c18-10-4-9(17(21,22)23)5-11(6-10)26-7-14(24-8-26)16(27)25-30(28,29)15-12(19)2-1-3-13(15)20/h1-8H,(H,25,27). The maximum Gasteiger partial charge on any atom is 0.416 e. The Labute approximate surface area is 183 Å². The number of hydrogen-bond acceptors (Lipinski definition) is 4. The van der Waals surface area contributed by atoms with Gasteiger partial charge in [0.2, 0.25) is 0 Å². The molecule has 0 aliphatic heterocycles. The van der Waals surface area contributed by atoms with Gasteiger partial charge in [-0.1, -0.05) is 40.9 Å². The Morgan fingerprint density at radius 1 is 1.07 bits per heavy atom. The van der Waals surface area contributed by atoms with Crippen molar-refractivity contribution in [1.82, 2.24) is 14.3 Å². The highest BCUT2D eigenvalue weighted by Crippen LogP contribution is 2.33. The van der Waals surface area contributed by atoms with Crippen molar-refractivity contribution in [3.8, 4) is 5.69 Å². The number of sulfonamides is 1. The molecule has 0 aliphatic carbocycles. The smallest absolute Gasteiger partial charge is 0.305 e. The van der Waals surface area contributed by atoms with Crippen molar-refractivity contribution in [2.75, 3.05) is 0 Å². The molecule has 2 aromatic carbocycles. The third kappa shape index (κ3) is 4.72. The molecule has 0 spiro atoms. The summed E-state index contributed by atoms with van der Waals surface area (Å²) in [5.74, 6) is -1.14. The fourth-order valence-corrected chi connectivity index (χ4v) is 4.77. The highest BCUT2D eigenvalue weighted by Gasteiger charge is 2.31. The van der Waals surface area contributed by atoms with Gasteiger partial charge in [0.1, 0.15) is 16.9 Å². The minimum atomic E-state index is -4.64. The van der Waals surface area contributed by atoms with Crippen molar-refractivity contribution >= 4 is 50.7 Å². The van der Waals surface area contributed by atoms with Crippen molar-refractivity contribution in [2.45, 2.75) is 11.1 Å². The van der Waals surface area contributed by atoms with Crippen molar-refractivity contribution in [3.05, 3.63) is 75.2 Å². The SMILES string of the molecule is O=C(NS(=O)(=O)c1c(Cl)cccc1Cl)c1cn(-c2cc(Cl)cc(C(F)(F)F)c2)cn1. The Hall–Kier alpha value is -2.27. The van der Waals surface area contributed by atoms with E-state index in [-0.39, 0.29) is 26.4 Å².